The monoisotopic (exact) mass is 805 g/mol. The average molecular weight is 806 g/mol. The summed E-state index contributed by atoms with van der Waals surface area (Å²) in [4.78, 5) is 2.54. The second kappa shape index (κ2) is 15.8. The highest BCUT2D eigenvalue weighted by molar-refractivity contribution is 6.14. The Labute approximate surface area is 369 Å². The molecule has 0 N–H and O–H groups in total. The highest BCUT2D eigenvalue weighted by Crippen LogP contribution is 2.49. The van der Waals surface area contributed by atoms with Crippen molar-refractivity contribution in [2.24, 2.45) is 0 Å². The van der Waals surface area contributed by atoms with E-state index in [1.165, 1.54) is 125 Å². The molecule has 63 heavy (non-hydrogen) atoms. The Bertz CT molecular complexity index is 3510. The van der Waals surface area contributed by atoms with Crippen molar-refractivity contribution >= 4 is 70.9 Å². The SMILES string of the molecule is c1cc(-c2cccc3c2ccc2ccccc23)cc(N(c2ccccc2-c2cccc3c2ccc2ccccc23)c2ccccc2-c2cccc3cccc(C4CCCCC4)c23)c1. The first-order valence-electron chi connectivity index (χ1n) is 22.7. The van der Waals surface area contributed by atoms with E-state index in [2.05, 4.69) is 223 Å². The van der Waals surface area contributed by atoms with Crippen LogP contribution in [0.4, 0.5) is 17.1 Å². The minimum Gasteiger partial charge on any atom is -0.309 e. The molecule has 1 aliphatic rings. The smallest absolute Gasteiger partial charge is 0.0540 e. The lowest BCUT2D eigenvalue weighted by molar-refractivity contribution is 0.445. The molecule has 11 aromatic carbocycles. The summed E-state index contributed by atoms with van der Waals surface area (Å²) in [6, 6.07) is 81.5. The number of hydrogen-bond donors (Lipinski definition) is 0. The van der Waals surface area contributed by atoms with Crippen molar-refractivity contribution in [3.8, 4) is 33.4 Å². The first-order valence-corrected chi connectivity index (χ1v) is 22.7. The molecule has 1 nitrogen and oxygen atoms in total. The lowest BCUT2D eigenvalue weighted by Gasteiger charge is -2.31. The summed E-state index contributed by atoms with van der Waals surface area (Å²) in [6.07, 6.45) is 6.46. The zero-order valence-electron chi connectivity index (χ0n) is 35.3. The molecule has 0 spiro atoms. The van der Waals surface area contributed by atoms with E-state index in [4.69, 9.17) is 0 Å². The third-order valence-corrected chi connectivity index (χ3v) is 13.8. The Morgan fingerprint density at radius 2 is 0.810 bits per heavy atom. The van der Waals surface area contributed by atoms with Gasteiger partial charge in [0.1, 0.15) is 0 Å². The predicted molar refractivity (Wildman–Crippen MR) is 271 cm³/mol. The van der Waals surface area contributed by atoms with Gasteiger partial charge in [-0.1, -0.05) is 213 Å². The molecule has 11 aromatic rings. The highest BCUT2D eigenvalue weighted by atomic mass is 15.1. The molecule has 300 valence electrons. The van der Waals surface area contributed by atoms with E-state index in [1.807, 2.05) is 0 Å². The highest BCUT2D eigenvalue weighted by Gasteiger charge is 2.25. The van der Waals surface area contributed by atoms with E-state index < -0.39 is 0 Å². The van der Waals surface area contributed by atoms with Crippen LogP contribution in [-0.2, 0) is 0 Å². The second-order valence-electron chi connectivity index (χ2n) is 17.4. The molecular weight excluding hydrogens is 759 g/mol. The molecule has 0 aliphatic heterocycles. The molecule has 0 bridgehead atoms. The van der Waals surface area contributed by atoms with E-state index in [-0.39, 0.29) is 0 Å². The number of rotatable bonds is 7. The molecule has 0 saturated heterocycles. The first kappa shape index (κ1) is 37.3. The molecule has 12 rings (SSSR count). The van der Waals surface area contributed by atoms with Gasteiger partial charge in [0.25, 0.3) is 0 Å². The normalized spacial score (nSPS) is 13.3. The maximum absolute atomic E-state index is 2.54. The fraction of sp³-hybridized carbons (Fsp3) is 0.0968. The van der Waals surface area contributed by atoms with Crippen molar-refractivity contribution in [1.82, 2.24) is 0 Å². The van der Waals surface area contributed by atoms with Crippen molar-refractivity contribution in [3.05, 3.63) is 224 Å². The summed E-state index contributed by atoms with van der Waals surface area (Å²) in [5.74, 6) is 0.574. The number of para-hydroxylation sites is 2. The van der Waals surface area contributed by atoms with Crippen LogP contribution >= 0.6 is 0 Å². The van der Waals surface area contributed by atoms with Gasteiger partial charge in [-0.2, -0.15) is 0 Å². The molecule has 0 radical (unpaired) electrons. The van der Waals surface area contributed by atoms with Crippen LogP contribution in [0.25, 0.3) is 87.2 Å². The van der Waals surface area contributed by atoms with E-state index in [9.17, 15) is 0 Å². The Morgan fingerprint density at radius 1 is 0.317 bits per heavy atom. The summed E-state index contributed by atoms with van der Waals surface area (Å²) in [7, 11) is 0. The molecule has 0 aromatic heterocycles. The van der Waals surface area contributed by atoms with E-state index >= 15 is 0 Å². The van der Waals surface area contributed by atoms with Crippen LogP contribution in [0.15, 0.2) is 218 Å². The van der Waals surface area contributed by atoms with Gasteiger partial charge in [-0.25, -0.2) is 0 Å². The molecule has 1 heteroatoms. The van der Waals surface area contributed by atoms with Crippen molar-refractivity contribution in [2.45, 2.75) is 38.0 Å². The molecule has 0 heterocycles. The van der Waals surface area contributed by atoms with E-state index in [0.717, 1.165) is 17.1 Å². The Morgan fingerprint density at radius 3 is 1.51 bits per heavy atom. The zero-order valence-corrected chi connectivity index (χ0v) is 35.3. The van der Waals surface area contributed by atoms with Gasteiger partial charge >= 0.3 is 0 Å². The van der Waals surface area contributed by atoms with E-state index in [0.29, 0.717) is 5.92 Å². The summed E-state index contributed by atoms with van der Waals surface area (Å²) < 4.78 is 0. The van der Waals surface area contributed by atoms with Gasteiger partial charge in [0.2, 0.25) is 0 Å². The molecule has 1 fully saturated rings. The zero-order chi connectivity index (χ0) is 41.7. The molecule has 1 saturated carbocycles. The van der Waals surface area contributed by atoms with Gasteiger partial charge in [-0.3, -0.25) is 0 Å². The van der Waals surface area contributed by atoms with Gasteiger partial charge in [0, 0.05) is 16.8 Å². The predicted octanol–water partition coefficient (Wildman–Crippen LogP) is 18.0. The minimum atomic E-state index is 0.574. The number of benzene rings is 11. The van der Waals surface area contributed by atoms with Crippen molar-refractivity contribution in [3.63, 3.8) is 0 Å². The second-order valence-corrected chi connectivity index (χ2v) is 17.4. The number of anilines is 3. The summed E-state index contributed by atoms with van der Waals surface area (Å²) in [5, 5.41) is 12.8. The van der Waals surface area contributed by atoms with Gasteiger partial charge in [-0.05, 0) is 125 Å². The topological polar surface area (TPSA) is 3.24 Å². The third-order valence-electron chi connectivity index (χ3n) is 13.8. The van der Waals surface area contributed by atoms with Crippen molar-refractivity contribution in [2.75, 3.05) is 4.90 Å². The first-order chi connectivity index (χ1) is 31.3. The standard InChI is InChI=1S/C62H47N/c1-2-17-42(18-3-1)51-30-13-21-45-22-14-34-59(62(45)51)58-28-9-11-36-61(58)63(47-24-12-23-46(41-47)50-29-15-31-52-48-25-6-4-19-43(48)37-39-55(50)52)60-35-10-8-27-57(60)54-33-16-32-53-49-26-7-5-20-44(49)38-40-56(53)54/h4-16,19-42H,1-3,17-18H2. The van der Waals surface area contributed by atoms with Gasteiger partial charge in [0.05, 0.1) is 11.4 Å². The lowest BCUT2D eigenvalue weighted by atomic mass is 9.80. The maximum Gasteiger partial charge on any atom is 0.0540 e. The average Bonchev–Trinajstić information content (AvgIpc) is 3.36. The fourth-order valence-corrected chi connectivity index (χ4v) is 10.9. The van der Waals surface area contributed by atoms with E-state index in [1.54, 1.807) is 0 Å². The number of hydrogen-bond acceptors (Lipinski definition) is 1. The summed E-state index contributed by atoms with van der Waals surface area (Å²) in [6.45, 7) is 0. The van der Waals surface area contributed by atoms with Crippen LogP contribution in [-0.4, -0.2) is 0 Å². The van der Waals surface area contributed by atoms with Gasteiger partial charge in [-0.15, -0.1) is 0 Å². The van der Waals surface area contributed by atoms with Crippen LogP contribution in [0, 0.1) is 0 Å². The molecular formula is C62H47N. The molecule has 0 amide bonds. The lowest BCUT2D eigenvalue weighted by Crippen LogP contribution is -2.13. The molecule has 0 atom stereocenters. The van der Waals surface area contributed by atoms with Gasteiger partial charge in [0.15, 0.2) is 0 Å². The van der Waals surface area contributed by atoms with Crippen LogP contribution in [0.1, 0.15) is 43.6 Å². The van der Waals surface area contributed by atoms with Crippen LogP contribution < -0.4 is 4.90 Å². The Kier molecular flexibility index (Phi) is 9.33. The Balaban J connectivity index is 1.11. The number of nitrogens with zero attached hydrogens (tertiary/aromatic N) is 1. The Hall–Kier alpha value is -7.48. The van der Waals surface area contributed by atoms with Crippen LogP contribution in [0.2, 0.25) is 0 Å². The molecule has 1 aliphatic carbocycles. The maximum atomic E-state index is 2.54. The molecule has 0 unspecified atom stereocenters. The fourth-order valence-electron chi connectivity index (χ4n) is 10.9. The summed E-state index contributed by atoms with van der Waals surface area (Å²) in [5.41, 5.74) is 12.3. The minimum absolute atomic E-state index is 0.574. The van der Waals surface area contributed by atoms with Crippen molar-refractivity contribution in [1.29, 1.82) is 0 Å². The van der Waals surface area contributed by atoms with Crippen LogP contribution in [0.5, 0.6) is 0 Å². The number of fused-ring (bicyclic) bond motifs is 7. The van der Waals surface area contributed by atoms with Crippen LogP contribution in [0.3, 0.4) is 0 Å². The quantitative estimate of drug-likeness (QED) is 0.145. The van der Waals surface area contributed by atoms with Crippen molar-refractivity contribution < 1.29 is 0 Å². The summed E-state index contributed by atoms with van der Waals surface area (Å²) >= 11 is 0. The van der Waals surface area contributed by atoms with Gasteiger partial charge < -0.3 is 4.90 Å². The third kappa shape index (κ3) is 6.46. The largest absolute Gasteiger partial charge is 0.309 e.